The predicted octanol–water partition coefficient (Wildman–Crippen LogP) is 3.69. The van der Waals surface area contributed by atoms with Crippen LogP contribution in [0.2, 0.25) is 0 Å². The second-order valence-electron chi connectivity index (χ2n) is 11.7. The van der Waals surface area contributed by atoms with Crippen LogP contribution in [0, 0.1) is 5.82 Å². The summed E-state index contributed by atoms with van der Waals surface area (Å²) in [5, 5.41) is 18.2. The molecular formula is C31H33FKN6O5. The number of hydrogen-bond acceptors (Lipinski definition) is 8. The van der Waals surface area contributed by atoms with Gasteiger partial charge in [0.1, 0.15) is 12.1 Å². The second kappa shape index (κ2) is 13.3. The predicted molar refractivity (Wildman–Crippen MR) is 162 cm³/mol. The van der Waals surface area contributed by atoms with E-state index < -0.39 is 17.2 Å². The summed E-state index contributed by atoms with van der Waals surface area (Å²) in [6.07, 6.45) is 3.99. The van der Waals surface area contributed by atoms with Crippen LogP contribution in [0.5, 0.6) is 0 Å². The number of aromatic amines is 1. The Labute approximate surface area is 294 Å². The van der Waals surface area contributed by atoms with E-state index in [2.05, 4.69) is 24.7 Å². The SMILES string of the molecule is CCCc1c(Cc2ccc(-c3ccccc3-c3noc(=O)[nH]3)cc2F)c(=O)n([C@H]2C[C@H](OCC(C)(C)O)C2)c2ncnn12.[K]. The third kappa shape index (κ3) is 6.59. The first-order valence-electron chi connectivity index (χ1n) is 14.4. The van der Waals surface area contributed by atoms with Gasteiger partial charge in [-0.05, 0) is 55.9 Å². The summed E-state index contributed by atoms with van der Waals surface area (Å²) >= 11 is 0. The first kappa shape index (κ1) is 32.6. The van der Waals surface area contributed by atoms with Crippen molar-refractivity contribution in [3.8, 4) is 22.5 Å². The molecule has 1 fully saturated rings. The van der Waals surface area contributed by atoms with Crippen LogP contribution < -0.4 is 11.3 Å². The first-order valence-corrected chi connectivity index (χ1v) is 14.4. The molecule has 1 saturated carbocycles. The maximum Gasteiger partial charge on any atom is 0.439 e. The van der Waals surface area contributed by atoms with E-state index in [4.69, 9.17) is 4.74 Å². The summed E-state index contributed by atoms with van der Waals surface area (Å²) in [6.45, 7) is 5.60. The Morgan fingerprint density at radius 1 is 1.16 bits per heavy atom. The topological polar surface area (TPSA) is 141 Å². The molecule has 0 aliphatic heterocycles. The molecule has 6 rings (SSSR count). The number of fused-ring (bicyclic) bond motifs is 1. The van der Waals surface area contributed by atoms with Gasteiger partial charge in [0.2, 0.25) is 5.78 Å². The van der Waals surface area contributed by atoms with Crippen molar-refractivity contribution < 1.29 is 18.8 Å². The van der Waals surface area contributed by atoms with Crippen molar-refractivity contribution in [3.63, 3.8) is 0 Å². The van der Waals surface area contributed by atoms with Crippen LogP contribution >= 0.6 is 0 Å². The number of halogens is 1. The molecule has 0 saturated heterocycles. The van der Waals surface area contributed by atoms with Crippen LogP contribution in [-0.2, 0) is 17.6 Å². The Bertz CT molecular complexity index is 1900. The van der Waals surface area contributed by atoms with Gasteiger partial charge in [0.05, 0.1) is 24.0 Å². The Hall–Kier alpha value is -2.78. The molecule has 0 unspecified atom stereocenters. The van der Waals surface area contributed by atoms with Crippen LogP contribution in [0.15, 0.2) is 62.9 Å². The average Bonchev–Trinajstić information content (AvgIpc) is 3.61. The summed E-state index contributed by atoms with van der Waals surface area (Å²) in [5.74, 6) is -0.429. The monoisotopic (exact) mass is 627 g/mol. The summed E-state index contributed by atoms with van der Waals surface area (Å²) < 4.78 is 29.6. The van der Waals surface area contributed by atoms with Crippen molar-refractivity contribution in [2.24, 2.45) is 0 Å². The summed E-state index contributed by atoms with van der Waals surface area (Å²) in [5.41, 5.74) is 2.27. The molecule has 225 valence electrons. The normalized spacial score (nSPS) is 16.6. The van der Waals surface area contributed by atoms with Gasteiger partial charge < -0.3 is 9.84 Å². The van der Waals surface area contributed by atoms with Crippen LogP contribution in [-0.4, -0.2) is 104 Å². The maximum absolute atomic E-state index is 15.8. The number of nitrogens with one attached hydrogen (secondary N) is 1. The third-order valence-electron chi connectivity index (χ3n) is 7.77. The van der Waals surface area contributed by atoms with Crippen molar-refractivity contribution in [2.45, 2.75) is 70.6 Å². The Morgan fingerprint density at radius 3 is 2.57 bits per heavy atom. The molecule has 5 aromatic rings. The molecule has 11 nitrogen and oxygen atoms in total. The van der Waals surface area contributed by atoms with Crippen molar-refractivity contribution in [1.29, 1.82) is 0 Å². The molecule has 2 aromatic carbocycles. The molecule has 0 spiro atoms. The van der Waals surface area contributed by atoms with E-state index in [1.54, 1.807) is 47.2 Å². The molecular weight excluding hydrogens is 594 g/mol. The van der Waals surface area contributed by atoms with Gasteiger partial charge in [0.15, 0.2) is 5.82 Å². The van der Waals surface area contributed by atoms with E-state index in [0.717, 1.165) is 6.42 Å². The molecule has 2 N–H and O–H groups in total. The number of aromatic nitrogens is 6. The number of hydrogen-bond donors (Lipinski definition) is 2. The number of ether oxygens (including phenoxy) is 1. The largest absolute Gasteiger partial charge is 0.439 e. The van der Waals surface area contributed by atoms with Gasteiger partial charge >= 0.3 is 5.76 Å². The number of nitrogens with zero attached hydrogens (tertiary/aromatic N) is 5. The number of aliphatic hydroxyl groups is 1. The van der Waals surface area contributed by atoms with E-state index in [1.165, 1.54) is 12.4 Å². The quantitative estimate of drug-likeness (QED) is 0.224. The van der Waals surface area contributed by atoms with E-state index in [1.807, 2.05) is 19.1 Å². The number of aryl methyl sites for hydroxylation is 1. The molecule has 1 radical (unpaired) electrons. The van der Waals surface area contributed by atoms with Crippen molar-refractivity contribution in [2.75, 3.05) is 6.61 Å². The minimum Gasteiger partial charge on any atom is -0.388 e. The maximum atomic E-state index is 15.8. The molecule has 44 heavy (non-hydrogen) atoms. The van der Waals surface area contributed by atoms with Crippen molar-refractivity contribution in [1.82, 2.24) is 29.3 Å². The zero-order valence-corrected chi connectivity index (χ0v) is 28.3. The fraction of sp³-hybridized carbons (Fsp3) is 0.387. The Morgan fingerprint density at radius 2 is 1.91 bits per heavy atom. The average molecular weight is 628 g/mol. The Kier molecular flexibility index (Phi) is 9.85. The fourth-order valence-electron chi connectivity index (χ4n) is 5.62. The summed E-state index contributed by atoms with van der Waals surface area (Å²) in [4.78, 5) is 32.5. The van der Waals surface area contributed by atoms with E-state index in [0.29, 0.717) is 58.6 Å². The van der Waals surface area contributed by atoms with Gasteiger partial charge in [0.25, 0.3) is 5.56 Å². The number of H-pyrrole nitrogens is 1. The molecule has 1 aliphatic rings. The Balaban J connectivity index is 0.00000384. The summed E-state index contributed by atoms with van der Waals surface area (Å²) in [6, 6.07) is 11.9. The molecule has 0 bridgehead atoms. The fourth-order valence-corrected chi connectivity index (χ4v) is 5.62. The molecule has 0 atom stereocenters. The molecule has 1 aliphatic carbocycles. The number of benzene rings is 2. The first-order chi connectivity index (χ1) is 20.6. The minimum absolute atomic E-state index is 0. The standard InChI is InChI=1S/C31H33FN6O5.K/c1-4-7-26-24(28(39)37(29-33-17-34-38(26)29)20-14-21(15-20)42-16-31(2,3)41)12-19-11-10-18(13-25(19)32)22-8-5-6-9-23(22)27-35-30(40)43-36-27;/h5-6,8-11,13,17,20-21,41H,4,7,12,14-16H2,1-3H3,(H,35,36,40);/t20-,21-;. The summed E-state index contributed by atoms with van der Waals surface area (Å²) in [7, 11) is 0. The van der Waals surface area contributed by atoms with Crippen LogP contribution in [0.4, 0.5) is 4.39 Å². The van der Waals surface area contributed by atoms with Crippen molar-refractivity contribution >= 4 is 57.2 Å². The van der Waals surface area contributed by atoms with E-state index in [-0.39, 0.29) is 87.9 Å². The zero-order valence-electron chi connectivity index (χ0n) is 25.2. The molecule has 3 heterocycles. The molecule has 3 aromatic heterocycles. The van der Waals surface area contributed by atoms with Gasteiger partial charge in [-0.25, -0.2) is 13.7 Å². The molecule has 13 heteroatoms. The zero-order chi connectivity index (χ0) is 30.3. The second-order valence-corrected chi connectivity index (χ2v) is 11.7. The van der Waals surface area contributed by atoms with E-state index in [9.17, 15) is 14.7 Å². The van der Waals surface area contributed by atoms with Gasteiger partial charge in [-0.1, -0.05) is 54.9 Å². The van der Waals surface area contributed by atoms with Gasteiger partial charge in [-0.15, -0.1) is 0 Å². The number of rotatable bonds is 10. The van der Waals surface area contributed by atoms with Gasteiger partial charge in [0, 0.05) is 75.0 Å². The van der Waals surface area contributed by atoms with Gasteiger partial charge in [-0.3, -0.25) is 18.9 Å². The van der Waals surface area contributed by atoms with Crippen LogP contribution in [0.1, 0.15) is 62.9 Å². The molecule has 0 amide bonds. The van der Waals surface area contributed by atoms with Gasteiger partial charge in [-0.2, -0.15) is 10.1 Å². The van der Waals surface area contributed by atoms with Crippen LogP contribution in [0.3, 0.4) is 0 Å². The van der Waals surface area contributed by atoms with E-state index >= 15 is 4.39 Å². The third-order valence-corrected chi connectivity index (χ3v) is 7.77. The smallest absolute Gasteiger partial charge is 0.388 e. The van der Waals surface area contributed by atoms with Crippen LogP contribution in [0.25, 0.3) is 28.3 Å². The minimum atomic E-state index is -0.937. The van der Waals surface area contributed by atoms with Crippen molar-refractivity contribution in [3.05, 3.63) is 92.3 Å².